The molecule has 27 heavy (non-hydrogen) atoms. The highest BCUT2D eigenvalue weighted by Crippen LogP contribution is 2.14. The molecule has 6 nitrogen and oxygen atoms in total. The van der Waals surface area contributed by atoms with Crippen molar-refractivity contribution in [2.45, 2.75) is 69.6 Å². The summed E-state index contributed by atoms with van der Waals surface area (Å²) in [6, 6.07) is 6.67. The summed E-state index contributed by atoms with van der Waals surface area (Å²) >= 11 is 0. The fraction of sp³-hybridized carbons (Fsp3) is 0.650. The van der Waals surface area contributed by atoms with E-state index in [9.17, 15) is 13.2 Å². The Hall–Kier alpha value is -1.44. The predicted octanol–water partition coefficient (Wildman–Crippen LogP) is 4.31. The number of carboxylic acid groups (broad SMARTS) is 1. The molecule has 1 N–H and O–H groups in total. The van der Waals surface area contributed by atoms with Gasteiger partial charge in [-0.25, -0.2) is 4.79 Å². The third kappa shape index (κ3) is 11.8. The van der Waals surface area contributed by atoms with Gasteiger partial charge in [-0.3, -0.25) is 4.18 Å². The predicted molar refractivity (Wildman–Crippen MR) is 104 cm³/mol. The second-order valence-corrected chi connectivity index (χ2v) is 8.33. The zero-order valence-corrected chi connectivity index (χ0v) is 17.0. The second kappa shape index (κ2) is 13.7. The molecule has 0 radical (unpaired) electrons. The zero-order valence-electron chi connectivity index (χ0n) is 16.2. The number of benzene rings is 1. The fourth-order valence-corrected chi connectivity index (χ4v) is 3.59. The van der Waals surface area contributed by atoms with E-state index in [-0.39, 0.29) is 18.1 Å². The third-order valence-corrected chi connectivity index (χ3v) is 5.53. The minimum absolute atomic E-state index is 0.210. The van der Waals surface area contributed by atoms with Crippen LogP contribution < -0.4 is 0 Å². The van der Waals surface area contributed by atoms with Gasteiger partial charge in [0.25, 0.3) is 10.1 Å². The number of hydrogen-bond donors (Lipinski definition) is 1. The largest absolute Gasteiger partial charge is 0.480 e. The molecule has 0 aliphatic rings. The summed E-state index contributed by atoms with van der Waals surface area (Å²) in [5.74, 6) is -0.923. The number of carboxylic acids is 1. The van der Waals surface area contributed by atoms with E-state index in [1.165, 1.54) is 6.42 Å². The third-order valence-electron chi connectivity index (χ3n) is 4.21. The lowest BCUT2D eigenvalue weighted by Crippen LogP contribution is -2.07. The first-order valence-corrected chi connectivity index (χ1v) is 11.1. The molecule has 0 fully saturated rings. The summed E-state index contributed by atoms with van der Waals surface area (Å²) in [6.45, 7) is 2.44. The van der Waals surface area contributed by atoms with Crippen molar-refractivity contribution in [3.63, 3.8) is 0 Å². The summed E-state index contributed by atoms with van der Waals surface area (Å²) in [6.07, 6.45) is 9.35. The van der Waals surface area contributed by atoms with Crippen molar-refractivity contribution < 1.29 is 27.2 Å². The molecule has 0 heterocycles. The van der Waals surface area contributed by atoms with Gasteiger partial charge < -0.3 is 9.84 Å². The van der Waals surface area contributed by atoms with Crippen LogP contribution in [0.5, 0.6) is 0 Å². The van der Waals surface area contributed by atoms with Gasteiger partial charge in [0.15, 0.2) is 0 Å². The van der Waals surface area contributed by atoms with Crippen molar-refractivity contribution in [2.24, 2.45) is 0 Å². The first-order chi connectivity index (χ1) is 12.9. The van der Waals surface area contributed by atoms with Crippen LogP contribution in [0.4, 0.5) is 0 Å². The summed E-state index contributed by atoms with van der Waals surface area (Å²) in [5, 5.41) is 8.43. The summed E-state index contributed by atoms with van der Waals surface area (Å²) in [7, 11) is -3.64. The lowest BCUT2D eigenvalue weighted by molar-refractivity contribution is -0.142. The van der Waals surface area contributed by atoms with Gasteiger partial charge in [0.1, 0.15) is 6.61 Å². The molecular formula is C20H32O6S. The molecule has 0 spiro atoms. The van der Waals surface area contributed by atoms with Crippen LogP contribution in [0.3, 0.4) is 0 Å². The number of carbonyl (C=O) groups is 1. The Morgan fingerprint density at radius 1 is 0.852 bits per heavy atom. The summed E-state index contributed by atoms with van der Waals surface area (Å²) in [4.78, 5) is 10.5. The van der Waals surface area contributed by atoms with Crippen LogP contribution in [0.2, 0.25) is 0 Å². The molecule has 1 aromatic rings. The van der Waals surface area contributed by atoms with Crippen molar-refractivity contribution >= 4 is 16.1 Å². The average molecular weight is 401 g/mol. The van der Waals surface area contributed by atoms with E-state index >= 15 is 0 Å². The van der Waals surface area contributed by atoms with Crippen LogP contribution in [0.25, 0.3) is 0 Å². The van der Waals surface area contributed by atoms with Crippen LogP contribution in [-0.4, -0.2) is 39.3 Å². The topological polar surface area (TPSA) is 89.9 Å². The van der Waals surface area contributed by atoms with Gasteiger partial charge in [-0.1, -0.05) is 62.6 Å². The van der Waals surface area contributed by atoms with Gasteiger partial charge in [0.2, 0.25) is 0 Å². The molecule has 7 heteroatoms. The molecule has 1 aromatic carbocycles. The SMILES string of the molecule is Cc1ccc(S(=O)(=O)OCCCCCCCCCCCOCC(=O)O)cc1. The van der Waals surface area contributed by atoms with Crippen LogP contribution in [0.15, 0.2) is 29.2 Å². The van der Waals surface area contributed by atoms with E-state index in [1.54, 1.807) is 24.3 Å². The number of aliphatic carboxylic acids is 1. The molecule has 0 amide bonds. The Labute approximate surface area is 163 Å². The number of aryl methyl sites for hydroxylation is 1. The monoisotopic (exact) mass is 400 g/mol. The Balaban J connectivity index is 1.93. The van der Waals surface area contributed by atoms with E-state index < -0.39 is 16.1 Å². The van der Waals surface area contributed by atoms with Crippen LogP contribution in [0.1, 0.15) is 63.4 Å². The first kappa shape index (κ1) is 23.6. The molecule has 0 aliphatic carbocycles. The molecule has 0 atom stereocenters. The van der Waals surface area contributed by atoms with Gasteiger partial charge in [-0.05, 0) is 31.9 Å². The van der Waals surface area contributed by atoms with E-state index in [4.69, 9.17) is 14.0 Å². The molecule has 0 unspecified atom stereocenters. The minimum atomic E-state index is -3.64. The van der Waals surface area contributed by atoms with Crippen molar-refractivity contribution in [2.75, 3.05) is 19.8 Å². The molecule has 0 saturated carbocycles. The van der Waals surface area contributed by atoms with Crippen LogP contribution in [-0.2, 0) is 23.8 Å². The maximum Gasteiger partial charge on any atom is 0.329 e. The fourth-order valence-electron chi connectivity index (χ4n) is 2.64. The van der Waals surface area contributed by atoms with Crippen LogP contribution in [0, 0.1) is 6.92 Å². The van der Waals surface area contributed by atoms with Gasteiger partial charge in [-0.2, -0.15) is 8.42 Å². The molecule has 0 aliphatic heterocycles. The second-order valence-electron chi connectivity index (χ2n) is 6.72. The maximum absolute atomic E-state index is 12.0. The molecule has 1 rings (SSSR count). The van der Waals surface area contributed by atoms with Crippen LogP contribution >= 0.6 is 0 Å². The number of rotatable bonds is 16. The quantitative estimate of drug-likeness (QED) is 0.328. The normalized spacial score (nSPS) is 11.6. The molecule has 0 aromatic heterocycles. The van der Waals surface area contributed by atoms with Crippen molar-refractivity contribution in [1.82, 2.24) is 0 Å². The van der Waals surface area contributed by atoms with Crippen molar-refractivity contribution in [3.05, 3.63) is 29.8 Å². The molecular weight excluding hydrogens is 368 g/mol. The Morgan fingerprint density at radius 2 is 1.33 bits per heavy atom. The van der Waals surface area contributed by atoms with Gasteiger partial charge in [0, 0.05) is 6.61 Å². The van der Waals surface area contributed by atoms with Crippen molar-refractivity contribution in [1.29, 1.82) is 0 Å². The highest BCUT2D eigenvalue weighted by molar-refractivity contribution is 7.86. The smallest absolute Gasteiger partial charge is 0.329 e. The van der Waals surface area contributed by atoms with E-state index in [0.717, 1.165) is 56.9 Å². The number of hydrogen-bond acceptors (Lipinski definition) is 5. The molecule has 0 saturated heterocycles. The van der Waals surface area contributed by atoms with E-state index in [2.05, 4.69) is 0 Å². The Kier molecular flexibility index (Phi) is 12.0. The average Bonchev–Trinajstić information content (AvgIpc) is 2.62. The highest BCUT2D eigenvalue weighted by Gasteiger charge is 2.14. The maximum atomic E-state index is 12.0. The number of ether oxygens (including phenoxy) is 1. The minimum Gasteiger partial charge on any atom is -0.480 e. The first-order valence-electron chi connectivity index (χ1n) is 9.67. The Morgan fingerprint density at radius 3 is 1.85 bits per heavy atom. The van der Waals surface area contributed by atoms with E-state index in [1.807, 2.05) is 6.92 Å². The molecule has 154 valence electrons. The standard InChI is InChI=1S/C20H32O6S/c1-18-11-13-19(14-12-18)27(23,24)26-16-10-8-6-4-2-3-5-7-9-15-25-17-20(21)22/h11-14H,2-10,15-17H2,1H3,(H,21,22). The summed E-state index contributed by atoms with van der Waals surface area (Å²) in [5.41, 5.74) is 1.01. The lowest BCUT2D eigenvalue weighted by atomic mass is 10.1. The number of unbranched alkanes of at least 4 members (excludes halogenated alkanes) is 8. The zero-order chi connectivity index (χ0) is 20.0. The van der Waals surface area contributed by atoms with Gasteiger partial charge in [-0.15, -0.1) is 0 Å². The Bertz CT molecular complexity index is 624. The molecule has 0 bridgehead atoms. The van der Waals surface area contributed by atoms with Gasteiger partial charge >= 0.3 is 5.97 Å². The van der Waals surface area contributed by atoms with Gasteiger partial charge in [0.05, 0.1) is 11.5 Å². The van der Waals surface area contributed by atoms with E-state index in [0.29, 0.717) is 6.61 Å². The highest BCUT2D eigenvalue weighted by atomic mass is 32.2. The summed E-state index contributed by atoms with van der Waals surface area (Å²) < 4.78 is 34.1. The van der Waals surface area contributed by atoms with Crippen molar-refractivity contribution in [3.8, 4) is 0 Å². The lowest BCUT2D eigenvalue weighted by Gasteiger charge is -2.06.